The third-order valence-corrected chi connectivity index (χ3v) is 5.43. The van der Waals surface area contributed by atoms with Gasteiger partial charge in [-0.1, -0.05) is 39.0 Å². The molecule has 2 aromatic rings. The third-order valence-electron chi connectivity index (χ3n) is 4.45. The van der Waals surface area contributed by atoms with Crippen LogP contribution in [0.2, 0.25) is 0 Å². The lowest BCUT2D eigenvalue weighted by atomic mass is 9.96. The molecule has 0 spiro atoms. The Bertz CT molecular complexity index is 569. The fraction of sp³-hybridized carbons (Fsp3) is 0.529. The Kier molecular flexibility index (Phi) is 3.40. The Morgan fingerprint density at radius 3 is 2.79 bits per heavy atom. The van der Waals surface area contributed by atoms with Crippen molar-refractivity contribution in [2.75, 3.05) is 6.54 Å². The van der Waals surface area contributed by atoms with Gasteiger partial charge in [-0.25, -0.2) is 0 Å². The fourth-order valence-electron chi connectivity index (χ4n) is 3.08. The SMILES string of the molecule is CCCNC(c1csc2ccccc12)C1CC1(C)C. The molecule has 1 aromatic carbocycles. The molecular weight excluding hydrogens is 250 g/mol. The van der Waals surface area contributed by atoms with E-state index >= 15 is 0 Å². The zero-order valence-corrected chi connectivity index (χ0v) is 12.9. The Morgan fingerprint density at radius 2 is 2.11 bits per heavy atom. The van der Waals surface area contributed by atoms with Crippen molar-refractivity contribution < 1.29 is 0 Å². The number of hydrogen-bond donors (Lipinski definition) is 1. The molecule has 1 nitrogen and oxygen atoms in total. The van der Waals surface area contributed by atoms with Crippen LogP contribution < -0.4 is 5.32 Å². The van der Waals surface area contributed by atoms with Crippen molar-refractivity contribution in [3.05, 3.63) is 35.2 Å². The van der Waals surface area contributed by atoms with Gasteiger partial charge in [0.25, 0.3) is 0 Å². The van der Waals surface area contributed by atoms with Crippen LogP contribution in [0.25, 0.3) is 10.1 Å². The lowest BCUT2D eigenvalue weighted by Crippen LogP contribution is -2.25. The van der Waals surface area contributed by atoms with Crippen LogP contribution >= 0.6 is 11.3 Å². The van der Waals surface area contributed by atoms with E-state index in [0.29, 0.717) is 11.5 Å². The predicted octanol–water partition coefficient (Wildman–Crippen LogP) is 4.99. The van der Waals surface area contributed by atoms with Gasteiger partial charge in [0, 0.05) is 10.7 Å². The summed E-state index contributed by atoms with van der Waals surface area (Å²) in [5.41, 5.74) is 2.03. The molecule has 2 heteroatoms. The second kappa shape index (κ2) is 4.92. The van der Waals surface area contributed by atoms with E-state index in [4.69, 9.17) is 0 Å². The first kappa shape index (κ1) is 13.1. The van der Waals surface area contributed by atoms with E-state index in [1.165, 1.54) is 28.5 Å². The van der Waals surface area contributed by atoms with Gasteiger partial charge in [-0.2, -0.15) is 0 Å². The van der Waals surface area contributed by atoms with Gasteiger partial charge in [0.05, 0.1) is 0 Å². The van der Waals surface area contributed by atoms with E-state index in [9.17, 15) is 0 Å². The summed E-state index contributed by atoms with van der Waals surface area (Å²) in [5, 5.41) is 7.60. The molecule has 1 saturated carbocycles. The zero-order valence-electron chi connectivity index (χ0n) is 12.1. The van der Waals surface area contributed by atoms with Crippen LogP contribution in [-0.2, 0) is 0 Å². The second-order valence-electron chi connectivity index (χ2n) is 6.42. The van der Waals surface area contributed by atoms with Crippen molar-refractivity contribution >= 4 is 21.4 Å². The highest BCUT2D eigenvalue weighted by Crippen LogP contribution is 2.58. The van der Waals surface area contributed by atoms with Crippen LogP contribution in [0, 0.1) is 11.3 Å². The van der Waals surface area contributed by atoms with Gasteiger partial charge in [-0.05, 0) is 53.1 Å². The summed E-state index contributed by atoms with van der Waals surface area (Å²) in [6.07, 6.45) is 2.55. The summed E-state index contributed by atoms with van der Waals surface area (Å²) in [4.78, 5) is 0. The number of rotatable bonds is 5. The summed E-state index contributed by atoms with van der Waals surface area (Å²) in [7, 11) is 0. The van der Waals surface area contributed by atoms with Gasteiger partial charge in [0.15, 0.2) is 0 Å². The smallest absolute Gasteiger partial charge is 0.0368 e. The topological polar surface area (TPSA) is 12.0 Å². The molecule has 2 unspecified atom stereocenters. The maximum atomic E-state index is 3.79. The highest BCUT2D eigenvalue weighted by molar-refractivity contribution is 7.17. The molecule has 19 heavy (non-hydrogen) atoms. The van der Waals surface area contributed by atoms with Gasteiger partial charge in [0.1, 0.15) is 0 Å². The molecule has 1 aliphatic rings. The highest BCUT2D eigenvalue weighted by Gasteiger charge is 2.50. The maximum absolute atomic E-state index is 3.79. The van der Waals surface area contributed by atoms with Crippen LogP contribution in [-0.4, -0.2) is 6.54 Å². The normalized spacial score (nSPS) is 22.6. The summed E-state index contributed by atoms with van der Waals surface area (Å²) in [6.45, 7) is 8.15. The molecule has 2 atom stereocenters. The quantitative estimate of drug-likeness (QED) is 0.809. The summed E-state index contributed by atoms with van der Waals surface area (Å²) >= 11 is 1.88. The van der Waals surface area contributed by atoms with Crippen molar-refractivity contribution in [1.82, 2.24) is 5.32 Å². The van der Waals surface area contributed by atoms with E-state index in [0.717, 1.165) is 12.5 Å². The summed E-state index contributed by atoms with van der Waals surface area (Å²) in [6, 6.07) is 9.34. The Morgan fingerprint density at radius 1 is 1.37 bits per heavy atom. The van der Waals surface area contributed by atoms with Crippen LogP contribution in [0.3, 0.4) is 0 Å². The minimum Gasteiger partial charge on any atom is -0.310 e. The van der Waals surface area contributed by atoms with E-state index in [1.54, 1.807) is 0 Å². The molecule has 0 aliphatic heterocycles. The lowest BCUT2D eigenvalue weighted by Gasteiger charge is -2.20. The van der Waals surface area contributed by atoms with Gasteiger partial charge in [0.2, 0.25) is 0 Å². The third kappa shape index (κ3) is 2.44. The van der Waals surface area contributed by atoms with Gasteiger partial charge >= 0.3 is 0 Å². The zero-order chi connectivity index (χ0) is 13.5. The van der Waals surface area contributed by atoms with Gasteiger partial charge in [-0.3, -0.25) is 0 Å². The highest BCUT2D eigenvalue weighted by atomic mass is 32.1. The Balaban J connectivity index is 1.95. The lowest BCUT2D eigenvalue weighted by molar-refractivity contribution is 0.418. The molecular formula is C17H23NS. The number of fused-ring (bicyclic) bond motifs is 1. The van der Waals surface area contributed by atoms with Crippen molar-refractivity contribution in [3.8, 4) is 0 Å². The molecule has 1 heterocycles. The van der Waals surface area contributed by atoms with E-state index < -0.39 is 0 Å². The average Bonchev–Trinajstić information content (AvgIpc) is 2.86. The average molecular weight is 273 g/mol. The second-order valence-corrected chi connectivity index (χ2v) is 7.33. The molecule has 102 valence electrons. The first-order valence-corrected chi connectivity index (χ1v) is 8.21. The minimum absolute atomic E-state index is 0.508. The molecule has 3 rings (SSSR count). The molecule has 1 fully saturated rings. The predicted molar refractivity (Wildman–Crippen MR) is 84.7 cm³/mol. The van der Waals surface area contributed by atoms with Gasteiger partial charge < -0.3 is 5.32 Å². The van der Waals surface area contributed by atoms with E-state index in [-0.39, 0.29) is 0 Å². The number of benzene rings is 1. The monoisotopic (exact) mass is 273 g/mol. The van der Waals surface area contributed by atoms with Crippen molar-refractivity contribution in [1.29, 1.82) is 0 Å². The number of nitrogens with one attached hydrogen (secondary N) is 1. The van der Waals surface area contributed by atoms with Crippen molar-refractivity contribution in [3.63, 3.8) is 0 Å². The molecule has 1 aliphatic carbocycles. The van der Waals surface area contributed by atoms with Gasteiger partial charge in [-0.15, -0.1) is 11.3 Å². The molecule has 0 amide bonds. The molecule has 1 N–H and O–H groups in total. The Hall–Kier alpha value is -0.860. The molecule has 0 saturated heterocycles. The number of hydrogen-bond acceptors (Lipinski definition) is 2. The standard InChI is InChI=1S/C17H23NS/c1-4-9-18-16(14-10-17(14,2)3)13-11-19-15-8-6-5-7-12(13)15/h5-8,11,14,16,18H,4,9-10H2,1-3H3. The van der Waals surface area contributed by atoms with Crippen LogP contribution in [0.5, 0.6) is 0 Å². The number of thiophene rings is 1. The molecule has 0 bridgehead atoms. The van der Waals surface area contributed by atoms with E-state index in [2.05, 4.69) is 55.7 Å². The molecule has 1 aromatic heterocycles. The van der Waals surface area contributed by atoms with Crippen LogP contribution in [0.15, 0.2) is 29.6 Å². The largest absolute Gasteiger partial charge is 0.310 e. The van der Waals surface area contributed by atoms with Crippen LogP contribution in [0.1, 0.15) is 45.2 Å². The maximum Gasteiger partial charge on any atom is 0.0368 e. The fourth-order valence-corrected chi connectivity index (χ4v) is 4.08. The van der Waals surface area contributed by atoms with Crippen molar-refractivity contribution in [2.45, 2.75) is 39.7 Å². The molecule has 0 radical (unpaired) electrons. The van der Waals surface area contributed by atoms with Crippen molar-refractivity contribution in [2.24, 2.45) is 11.3 Å². The first-order chi connectivity index (χ1) is 9.13. The summed E-state index contributed by atoms with van der Waals surface area (Å²) < 4.78 is 1.42. The minimum atomic E-state index is 0.508. The Labute approximate surface area is 120 Å². The van der Waals surface area contributed by atoms with E-state index in [1.807, 2.05) is 11.3 Å². The first-order valence-electron chi connectivity index (χ1n) is 7.33. The summed E-state index contributed by atoms with van der Waals surface area (Å²) in [5.74, 6) is 0.789. The van der Waals surface area contributed by atoms with Crippen LogP contribution in [0.4, 0.5) is 0 Å².